The molecule has 10 atom stereocenters. The molecule has 4 bridgehead atoms. The van der Waals surface area contributed by atoms with Gasteiger partial charge >= 0.3 is 0 Å². The summed E-state index contributed by atoms with van der Waals surface area (Å²) < 4.78 is 0. The molecule has 0 aliphatic heterocycles. The van der Waals surface area contributed by atoms with Crippen molar-refractivity contribution in [2.24, 2.45) is 47.3 Å². The van der Waals surface area contributed by atoms with Crippen LogP contribution >= 0.6 is 0 Å². The zero-order valence-corrected chi connectivity index (χ0v) is 42.2. The van der Waals surface area contributed by atoms with E-state index in [1.54, 1.807) is 22.3 Å². The summed E-state index contributed by atoms with van der Waals surface area (Å²) in [4.78, 5) is 2.55. The maximum atomic E-state index is 2.64. The second-order valence-electron chi connectivity index (χ2n) is 24.6. The van der Waals surface area contributed by atoms with Crippen LogP contribution < -0.4 is 4.90 Å². The third-order valence-corrected chi connectivity index (χ3v) is 19.4. The molecule has 69 heavy (non-hydrogen) atoms. The van der Waals surface area contributed by atoms with Crippen LogP contribution in [-0.4, -0.2) is 0 Å². The van der Waals surface area contributed by atoms with Gasteiger partial charge in [-0.1, -0.05) is 164 Å². The number of rotatable bonds is 5. The standard InChI is InChI=1S/C68H71N/c1-42-31-46-35-44(3)67(53(33-42)37-46)63-18-11-9-16-59(63)61-41-57(28-30-64(61)67)69(55-26-21-49(22-27-55)48-19-24-52(25-20-48)66(5,6)7)56-14-12-13-50(39-56)51-23-29-60-58-15-8-10-17-62(58)68(65(60)40-51)45(4)36-47-32-43(2)34-54(68)38-47/h8-30,39-47,53-54H,31-38H2,1-7H3/t42-,43-,44+,45+,46?,47?,53?,54-,67-,68+/m1/s1. The molecular formula is C68H71N. The lowest BCUT2D eigenvalue weighted by molar-refractivity contribution is 0.0426. The van der Waals surface area contributed by atoms with Crippen LogP contribution in [0.25, 0.3) is 44.5 Å². The van der Waals surface area contributed by atoms with Crippen LogP contribution in [0.15, 0.2) is 158 Å². The van der Waals surface area contributed by atoms with Gasteiger partial charge in [0.1, 0.15) is 0 Å². The second kappa shape index (κ2) is 15.9. The Morgan fingerprint density at radius 1 is 0.377 bits per heavy atom. The monoisotopic (exact) mass is 902 g/mol. The highest BCUT2D eigenvalue weighted by Crippen LogP contribution is 2.66. The number of hydrogen-bond donors (Lipinski definition) is 0. The molecule has 0 radical (unpaired) electrons. The minimum absolute atomic E-state index is 0.0655. The normalized spacial score (nSPS) is 29.3. The fourth-order valence-electron chi connectivity index (χ4n) is 17.0. The molecule has 1 heteroatoms. The first-order valence-electron chi connectivity index (χ1n) is 27.0. The molecule has 7 aromatic carbocycles. The lowest BCUT2D eigenvalue weighted by Gasteiger charge is -2.54. The Hall–Kier alpha value is -5.66. The number of hydrogen-bond acceptors (Lipinski definition) is 1. The largest absolute Gasteiger partial charge is 0.310 e. The zero-order chi connectivity index (χ0) is 47.0. The Morgan fingerprint density at radius 2 is 0.870 bits per heavy atom. The molecule has 2 spiro atoms. The molecular weight excluding hydrogens is 831 g/mol. The van der Waals surface area contributed by atoms with E-state index in [1.165, 1.54) is 118 Å². The lowest BCUT2D eigenvalue weighted by Crippen LogP contribution is -2.49. The SMILES string of the molecule is C[C@@H]1CC2CC(C1)[C@@]1(c3ccccc3-c3cc(N(c4ccc(-c5ccc(C(C)(C)C)cc5)cc4)c4cccc(-c5ccc6c(c5)[C@]5(c7ccccc7-6)[C@H]6CC(C[C@@H](C)C6)C[C@@H]5C)c4)ccc31)[C@@H](C)C2. The van der Waals surface area contributed by atoms with E-state index in [1.807, 2.05) is 0 Å². The molecule has 6 aliphatic rings. The van der Waals surface area contributed by atoms with Crippen molar-refractivity contribution >= 4 is 17.1 Å². The Labute approximate surface area is 413 Å². The number of benzene rings is 7. The maximum Gasteiger partial charge on any atom is 0.0468 e. The van der Waals surface area contributed by atoms with Gasteiger partial charge in [0.2, 0.25) is 0 Å². The quantitative estimate of drug-likeness (QED) is 0.166. The first kappa shape index (κ1) is 43.4. The van der Waals surface area contributed by atoms with Crippen molar-refractivity contribution in [3.05, 3.63) is 186 Å². The molecule has 6 aliphatic carbocycles. The van der Waals surface area contributed by atoms with Gasteiger partial charge in [-0.2, -0.15) is 0 Å². The average molecular weight is 902 g/mol. The molecule has 0 N–H and O–H groups in total. The fourth-order valence-corrected chi connectivity index (χ4v) is 17.0. The van der Waals surface area contributed by atoms with Gasteiger partial charge < -0.3 is 4.90 Å². The molecule has 0 amide bonds. The Bertz CT molecular complexity index is 3100. The lowest BCUT2D eigenvalue weighted by atomic mass is 9.49. The highest BCUT2D eigenvalue weighted by atomic mass is 15.1. The summed E-state index contributed by atoms with van der Waals surface area (Å²) in [6, 6.07) is 62.2. The topological polar surface area (TPSA) is 3.24 Å². The van der Waals surface area contributed by atoms with Gasteiger partial charge in [0.15, 0.2) is 0 Å². The van der Waals surface area contributed by atoms with Crippen molar-refractivity contribution in [1.82, 2.24) is 0 Å². The van der Waals surface area contributed by atoms with Gasteiger partial charge in [-0.15, -0.1) is 0 Å². The molecule has 0 heterocycles. The van der Waals surface area contributed by atoms with Gasteiger partial charge in [-0.25, -0.2) is 0 Å². The van der Waals surface area contributed by atoms with Crippen molar-refractivity contribution in [3.8, 4) is 44.5 Å². The van der Waals surface area contributed by atoms with Crippen LogP contribution in [0.4, 0.5) is 17.1 Å². The van der Waals surface area contributed by atoms with Gasteiger partial charge in [-0.05, 0) is 219 Å². The van der Waals surface area contributed by atoms with Crippen molar-refractivity contribution < 1.29 is 0 Å². The first-order chi connectivity index (χ1) is 33.4. The van der Waals surface area contributed by atoms with Crippen molar-refractivity contribution in [2.45, 2.75) is 116 Å². The van der Waals surface area contributed by atoms with Gasteiger partial charge in [-0.3, -0.25) is 0 Å². The number of anilines is 3. The summed E-state index contributed by atoms with van der Waals surface area (Å²) in [5.74, 6) is 5.87. The minimum atomic E-state index is 0.0655. The van der Waals surface area contributed by atoms with Crippen LogP contribution in [0.1, 0.15) is 128 Å². The third kappa shape index (κ3) is 6.54. The van der Waals surface area contributed by atoms with Crippen LogP contribution in [0, 0.1) is 47.3 Å². The number of fused-ring (bicyclic) bond motifs is 16. The second-order valence-corrected chi connectivity index (χ2v) is 24.6. The molecule has 13 rings (SSSR count). The van der Waals surface area contributed by atoms with Crippen LogP contribution in [0.3, 0.4) is 0 Å². The van der Waals surface area contributed by atoms with Crippen molar-refractivity contribution in [2.75, 3.05) is 4.90 Å². The molecule has 0 aromatic heterocycles. The van der Waals surface area contributed by atoms with Gasteiger partial charge in [0.05, 0.1) is 0 Å². The zero-order valence-electron chi connectivity index (χ0n) is 42.2. The van der Waals surface area contributed by atoms with E-state index >= 15 is 0 Å². The van der Waals surface area contributed by atoms with Crippen LogP contribution in [0.5, 0.6) is 0 Å². The van der Waals surface area contributed by atoms with Gasteiger partial charge in [0, 0.05) is 27.9 Å². The van der Waals surface area contributed by atoms with E-state index in [-0.39, 0.29) is 16.2 Å². The molecule has 0 saturated heterocycles. The summed E-state index contributed by atoms with van der Waals surface area (Å²) in [5, 5.41) is 0. The summed E-state index contributed by atoms with van der Waals surface area (Å²) in [5.41, 5.74) is 22.5. The van der Waals surface area contributed by atoms with Crippen LogP contribution in [0.2, 0.25) is 0 Å². The van der Waals surface area contributed by atoms with Crippen LogP contribution in [-0.2, 0) is 16.2 Å². The molecule has 4 saturated carbocycles. The summed E-state index contributed by atoms with van der Waals surface area (Å²) >= 11 is 0. The molecule has 7 aromatic rings. The Morgan fingerprint density at radius 3 is 1.49 bits per heavy atom. The summed E-state index contributed by atoms with van der Waals surface area (Å²) in [6.45, 7) is 17.1. The van der Waals surface area contributed by atoms with E-state index in [0.29, 0.717) is 23.7 Å². The smallest absolute Gasteiger partial charge is 0.0468 e. The van der Waals surface area contributed by atoms with E-state index in [4.69, 9.17) is 0 Å². The van der Waals surface area contributed by atoms with E-state index < -0.39 is 0 Å². The predicted octanol–water partition coefficient (Wildman–Crippen LogP) is 18.5. The number of nitrogens with zero attached hydrogens (tertiary/aromatic N) is 1. The van der Waals surface area contributed by atoms with E-state index in [0.717, 1.165) is 23.7 Å². The maximum absolute atomic E-state index is 2.64. The predicted molar refractivity (Wildman–Crippen MR) is 291 cm³/mol. The molecule has 3 unspecified atom stereocenters. The molecule has 348 valence electrons. The third-order valence-electron chi connectivity index (χ3n) is 19.4. The van der Waals surface area contributed by atoms with Gasteiger partial charge in [0.25, 0.3) is 0 Å². The highest BCUT2D eigenvalue weighted by Gasteiger charge is 2.58. The Balaban J connectivity index is 0.944. The van der Waals surface area contributed by atoms with E-state index in [9.17, 15) is 0 Å². The fraction of sp³-hybridized carbons (Fsp3) is 0.382. The van der Waals surface area contributed by atoms with Crippen molar-refractivity contribution in [1.29, 1.82) is 0 Å². The first-order valence-corrected chi connectivity index (χ1v) is 27.0. The summed E-state index contributed by atoms with van der Waals surface area (Å²) in [6.07, 6.45) is 10.8. The molecule has 1 nitrogen and oxygen atoms in total. The Kier molecular flexibility index (Phi) is 10.0. The highest BCUT2D eigenvalue weighted by molar-refractivity contribution is 5.89. The minimum Gasteiger partial charge on any atom is -0.310 e. The molecule has 4 fully saturated rings. The van der Waals surface area contributed by atoms with Crippen molar-refractivity contribution in [3.63, 3.8) is 0 Å². The van der Waals surface area contributed by atoms with E-state index in [2.05, 4.69) is 211 Å². The average Bonchev–Trinajstić information content (AvgIpc) is 3.81. The summed E-state index contributed by atoms with van der Waals surface area (Å²) in [7, 11) is 0.